The Morgan fingerprint density at radius 3 is 2.82 bits per heavy atom. The van der Waals surface area contributed by atoms with Crippen molar-refractivity contribution in [2.45, 2.75) is 19.9 Å². The maximum atomic E-state index is 11.7. The third-order valence-electron chi connectivity index (χ3n) is 2.58. The van der Waals surface area contributed by atoms with Crippen LogP contribution in [0.15, 0.2) is 18.2 Å². The predicted molar refractivity (Wildman–Crippen MR) is 69.3 cm³/mol. The van der Waals surface area contributed by atoms with Gasteiger partial charge < -0.3 is 10.2 Å². The third-order valence-corrected chi connectivity index (χ3v) is 2.79. The number of hydrogen-bond acceptors (Lipinski definition) is 3. The standard InChI is InChI=1S/C12H18ClN3O/c1-9(2)16(3)8-7-14-12(17)10-5-4-6-11(13)15-10/h4-6,9H,7-8H2,1-3H3,(H,14,17). The average molecular weight is 256 g/mol. The van der Waals surface area contributed by atoms with Crippen LogP contribution in [0, 0.1) is 0 Å². The van der Waals surface area contributed by atoms with Gasteiger partial charge in [-0.05, 0) is 33.0 Å². The second kappa shape index (κ2) is 6.57. The number of nitrogens with one attached hydrogen (secondary N) is 1. The molecule has 0 atom stereocenters. The molecular formula is C12H18ClN3O. The molecule has 4 nitrogen and oxygen atoms in total. The highest BCUT2D eigenvalue weighted by atomic mass is 35.5. The van der Waals surface area contributed by atoms with E-state index in [2.05, 4.69) is 29.0 Å². The summed E-state index contributed by atoms with van der Waals surface area (Å²) < 4.78 is 0. The van der Waals surface area contributed by atoms with Crippen LogP contribution in [0.2, 0.25) is 5.15 Å². The summed E-state index contributed by atoms with van der Waals surface area (Å²) in [6.45, 7) is 5.63. The summed E-state index contributed by atoms with van der Waals surface area (Å²) in [7, 11) is 2.02. The molecule has 0 aliphatic rings. The topological polar surface area (TPSA) is 45.2 Å². The van der Waals surface area contributed by atoms with E-state index in [1.807, 2.05) is 7.05 Å². The summed E-state index contributed by atoms with van der Waals surface area (Å²) in [6.07, 6.45) is 0. The van der Waals surface area contributed by atoms with E-state index in [0.29, 0.717) is 23.4 Å². The van der Waals surface area contributed by atoms with E-state index in [-0.39, 0.29) is 5.91 Å². The lowest BCUT2D eigenvalue weighted by atomic mass is 10.3. The second-order valence-electron chi connectivity index (χ2n) is 4.18. The Hall–Kier alpha value is -1.13. The lowest BCUT2D eigenvalue weighted by Crippen LogP contribution is -2.36. The third kappa shape index (κ3) is 4.71. The Bertz CT molecular complexity index is 382. The van der Waals surface area contributed by atoms with Gasteiger partial charge in [0.05, 0.1) is 0 Å². The van der Waals surface area contributed by atoms with Crippen molar-refractivity contribution in [3.63, 3.8) is 0 Å². The van der Waals surface area contributed by atoms with E-state index in [0.717, 1.165) is 6.54 Å². The Balaban J connectivity index is 2.40. The fourth-order valence-electron chi connectivity index (χ4n) is 1.23. The normalized spacial score (nSPS) is 10.9. The van der Waals surface area contributed by atoms with Gasteiger partial charge in [0.1, 0.15) is 10.8 Å². The maximum Gasteiger partial charge on any atom is 0.269 e. The maximum absolute atomic E-state index is 11.7. The number of halogens is 1. The van der Waals surface area contributed by atoms with Crippen molar-refractivity contribution in [1.82, 2.24) is 15.2 Å². The number of carbonyl (C=O) groups is 1. The zero-order valence-electron chi connectivity index (χ0n) is 10.4. The van der Waals surface area contributed by atoms with Gasteiger partial charge in [-0.1, -0.05) is 17.7 Å². The number of carbonyl (C=O) groups excluding carboxylic acids is 1. The summed E-state index contributed by atoms with van der Waals surface area (Å²) >= 11 is 5.72. The van der Waals surface area contributed by atoms with Crippen LogP contribution < -0.4 is 5.32 Å². The van der Waals surface area contributed by atoms with E-state index in [1.165, 1.54) is 0 Å². The average Bonchev–Trinajstić information content (AvgIpc) is 2.28. The van der Waals surface area contributed by atoms with Gasteiger partial charge in [-0.3, -0.25) is 4.79 Å². The van der Waals surface area contributed by atoms with E-state index in [9.17, 15) is 4.79 Å². The first kappa shape index (κ1) is 13.9. The van der Waals surface area contributed by atoms with Crippen LogP contribution in [0.3, 0.4) is 0 Å². The molecule has 1 aromatic heterocycles. The molecule has 0 aliphatic carbocycles. The number of pyridine rings is 1. The highest BCUT2D eigenvalue weighted by molar-refractivity contribution is 6.29. The van der Waals surface area contributed by atoms with Gasteiger partial charge in [-0.15, -0.1) is 0 Å². The molecule has 1 rings (SSSR count). The van der Waals surface area contributed by atoms with E-state index in [1.54, 1.807) is 18.2 Å². The van der Waals surface area contributed by atoms with Crippen molar-refractivity contribution in [2.24, 2.45) is 0 Å². The highest BCUT2D eigenvalue weighted by Crippen LogP contribution is 2.04. The largest absolute Gasteiger partial charge is 0.349 e. The summed E-state index contributed by atoms with van der Waals surface area (Å²) in [4.78, 5) is 17.8. The van der Waals surface area contributed by atoms with Gasteiger partial charge in [-0.25, -0.2) is 4.98 Å². The minimum absolute atomic E-state index is 0.190. The fraction of sp³-hybridized carbons (Fsp3) is 0.500. The van der Waals surface area contributed by atoms with Gasteiger partial charge in [0.15, 0.2) is 0 Å². The van der Waals surface area contributed by atoms with Gasteiger partial charge in [-0.2, -0.15) is 0 Å². The zero-order chi connectivity index (χ0) is 12.8. The van der Waals surface area contributed by atoms with Crippen molar-refractivity contribution in [3.8, 4) is 0 Å². The monoisotopic (exact) mass is 255 g/mol. The summed E-state index contributed by atoms with van der Waals surface area (Å²) in [6, 6.07) is 5.47. The van der Waals surface area contributed by atoms with Gasteiger partial charge >= 0.3 is 0 Å². The van der Waals surface area contributed by atoms with E-state index >= 15 is 0 Å². The SMILES string of the molecule is CC(C)N(C)CCNC(=O)c1cccc(Cl)n1. The van der Waals surface area contributed by atoms with Crippen LogP contribution in [-0.2, 0) is 0 Å². The lowest BCUT2D eigenvalue weighted by molar-refractivity contribution is 0.0943. The highest BCUT2D eigenvalue weighted by Gasteiger charge is 2.08. The molecule has 1 heterocycles. The summed E-state index contributed by atoms with van der Waals surface area (Å²) in [5.74, 6) is -0.190. The van der Waals surface area contributed by atoms with Crippen LogP contribution in [0.4, 0.5) is 0 Å². The molecule has 0 radical (unpaired) electrons. The van der Waals surface area contributed by atoms with Gasteiger partial charge in [0, 0.05) is 19.1 Å². The minimum Gasteiger partial charge on any atom is -0.349 e. The Morgan fingerprint density at radius 1 is 1.53 bits per heavy atom. The fourth-order valence-corrected chi connectivity index (χ4v) is 1.39. The first-order valence-corrected chi connectivity index (χ1v) is 5.99. The Labute approximate surface area is 107 Å². The number of aromatic nitrogens is 1. The van der Waals surface area contributed by atoms with Crippen molar-refractivity contribution >= 4 is 17.5 Å². The molecule has 0 fully saturated rings. The summed E-state index contributed by atoms with van der Waals surface area (Å²) in [5, 5.41) is 3.14. The number of rotatable bonds is 5. The summed E-state index contributed by atoms with van der Waals surface area (Å²) in [5.41, 5.74) is 0.352. The first-order chi connectivity index (χ1) is 8.00. The number of likely N-dealkylation sites (N-methyl/N-ethyl adjacent to an activating group) is 1. The van der Waals surface area contributed by atoms with Crippen molar-refractivity contribution in [1.29, 1.82) is 0 Å². The van der Waals surface area contributed by atoms with Crippen LogP contribution in [0.1, 0.15) is 24.3 Å². The van der Waals surface area contributed by atoms with Crippen molar-refractivity contribution in [3.05, 3.63) is 29.0 Å². The van der Waals surface area contributed by atoms with Gasteiger partial charge in [0.2, 0.25) is 0 Å². The molecule has 0 saturated heterocycles. The molecular weight excluding hydrogens is 238 g/mol. The van der Waals surface area contributed by atoms with Crippen LogP contribution >= 0.6 is 11.6 Å². The quantitative estimate of drug-likeness (QED) is 0.817. The molecule has 0 saturated carbocycles. The Kier molecular flexibility index (Phi) is 5.38. The molecule has 17 heavy (non-hydrogen) atoms. The number of amides is 1. The van der Waals surface area contributed by atoms with Gasteiger partial charge in [0.25, 0.3) is 5.91 Å². The van der Waals surface area contributed by atoms with Crippen LogP contribution in [0.5, 0.6) is 0 Å². The molecule has 0 spiro atoms. The molecule has 1 amide bonds. The Morgan fingerprint density at radius 2 is 2.24 bits per heavy atom. The van der Waals surface area contributed by atoms with E-state index in [4.69, 9.17) is 11.6 Å². The second-order valence-corrected chi connectivity index (χ2v) is 4.56. The molecule has 0 aliphatic heterocycles. The molecule has 0 bridgehead atoms. The van der Waals surface area contributed by atoms with E-state index < -0.39 is 0 Å². The molecule has 0 unspecified atom stereocenters. The number of nitrogens with zero attached hydrogens (tertiary/aromatic N) is 2. The molecule has 5 heteroatoms. The van der Waals surface area contributed by atoms with Crippen molar-refractivity contribution in [2.75, 3.05) is 20.1 Å². The molecule has 1 aromatic rings. The first-order valence-electron chi connectivity index (χ1n) is 5.61. The van der Waals surface area contributed by atoms with Crippen LogP contribution in [-0.4, -0.2) is 42.0 Å². The molecule has 0 aromatic carbocycles. The molecule has 1 N–H and O–H groups in total. The smallest absolute Gasteiger partial charge is 0.269 e. The molecule has 94 valence electrons. The van der Waals surface area contributed by atoms with Crippen LogP contribution in [0.25, 0.3) is 0 Å². The zero-order valence-corrected chi connectivity index (χ0v) is 11.2. The lowest BCUT2D eigenvalue weighted by Gasteiger charge is -2.20. The number of hydrogen-bond donors (Lipinski definition) is 1. The minimum atomic E-state index is -0.190. The van der Waals surface area contributed by atoms with Crippen molar-refractivity contribution < 1.29 is 4.79 Å². The predicted octanol–water partition coefficient (Wildman–Crippen LogP) is 1.80.